The zero-order valence-corrected chi connectivity index (χ0v) is 12.6. The van der Waals surface area contributed by atoms with Gasteiger partial charge in [-0.3, -0.25) is 4.98 Å². The molecule has 2 aromatic rings. The number of hydrogen-bond donors (Lipinski definition) is 0. The highest BCUT2D eigenvalue weighted by atomic mass is 79.9. The molecule has 0 aliphatic heterocycles. The van der Waals surface area contributed by atoms with Crippen LogP contribution < -0.4 is 0 Å². The molecule has 1 nitrogen and oxygen atoms in total. The predicted molar refractivity (Wildman–Crippen MR) is 82.7 cm³/mol. The number of alkyl halides is 1. The van der Waals surface area contributed by atoms with Crippen LogP contribution >= 0.6 is 15.9 Å². The van der Waals surface area contributed by atoms with Gasteiger partial charge in [0.05, 0.1) is 0 Å². The SMILES string of the molecule is CC(c1ccccn1)C(Br)C1CC1c1ccccc1. The van der Waals surface area contributed by atoms with Gasteiger partial charge in [0.1, 0.15) is 0 Å². The number of aromatic nitrogens is 1. The number of benzene rings is 1. The van der Waals surface area contributed by atoms with E-state index in [1.54, 1.807) is 0 Å². The Hall–Kier alpha value is -1.15. The van der Waals surface area contributed by atoms with Gasteiger partial charge >= 0.3 is 0 Å². The Balaban J connectivity index is 1.68. The van der Waals surface area contributed by atoms with Gasteiger partial charge in [-0.1, -0.05) is 59.3 Å². The lowest BCUT2D eigenvalue weighted by molar-refractivity contribution is 0.622. The molecule has 0 spiro atoms. The van der Waals surface area contributed by atoms with Crippen molar-refractivity contribution in [3.63, 3.8) is 0 Å². The normalized spacial score (nSPS) is 24.7. The fraction of sp³-hybridized carbons (Fsp3) is 0.353. The second kappa shape index (κ2) is 5.46. The van der Waals surface area contributed by atoms with Crippen LogP contribution in [0.25, 0.3) is 0 Å². The highest BCUT2D eigenvalue weighted by Gasteiger charge is 2.44. The van der Waals surface area contributed by atoms with Crippen LogP contribution in [-0.2, 0) is 0 Å². The van der Waals surface area contributed by atoms with E-state index in [-0.39, 0.29) is 0 Å². The minimum Gasteiger partial charge on any atom is -0.261 e. The van der Waals surface area contributed by atoms with Crippen molar-refractivity contribution in [2.45, 2.75) is 30.0 Å². The molecule has 1 saturated carbocycles. The number of nitrogens with zero attached hydrogens (tertiary/aromatic N) is 1. The van der Waals surface area contributed by atoms with Crippen molar-refractivity contribution in [1.29, 1.82) is 0 Å². The molecule has 0 radical (unpaired) electrons. The molecule has 0 saturated heterocycles. The standard InChI is InChI=1S/C17H18BrN/c1-12(16-9-5-6-10-19-16)17(18)15-11-14(15)13-7-3-2-4-8-13/h2-10,12,14-15,17H,11H2,1H3. The van der Waals surface area contributed by atoms with Crippen molar-refractivity contribution in [1.82, 2.24) is 4.98 Å². The Kier molecular flexibility index (Phi) is 3.69. The van der Waals surface area contributed by atoms with E-state index in [0.29, 0.717) is 10.7 Å². The molecular formula is C17H18BrN. The average molecular weight is 316 g/mol. The van der Waals surface area contributed by atoms with Gasteiger partial charge in [-0.25, -0.2) is 0 Å². The molecular weight excluding hydrogens is 298 g/mol. The average Bonchev–Trinajstić information content (AvgIpc) is 3.28. The maximum atomic E-state index is 4.48. The summed E-state index contributed by atoms with van der Waals surface area (Å²) in [7, 11) is 0. The Bertz CT molecular complexity index is 525. The van der Waals surface area contributed by atoms with Crippen molar-refractivity contribution < 1.29 is 0 Å². The van der Waals surface area contributed by atoms with Crippen LogP contribution in [-0.4, -0.2) is 9.81 Å². The van der Waals surface area contributed by atoms with Gasteiger partial charge in [0, 0.05) is 22.6 Å². The predicted octanol–water partition coefficient (Wildman–Crippen LogP) is 4.75. The molecule has 1 heterocycles. The number of hydrogen-bond acceptors (Lipinski definition) is 1. The van der Waals surface area contributed by atoms with Crippen molar-refractivity contribution in [2.24, 2.45) is 5.92 Å². The topological polar surface area (TPSA) is 12.9 Å². The van der Waals surface area contributed by atoms with Gasteiger partial charge in [0.25, 0.3) is 0 Å². The molecule has 1 aromatic carbocycles. The summed E-state index contributed by atoms with van der Waals surface area (Å²) in [5, 5.41) is 0. The first kappa shape index (κ1) is 12.9. The summed E-state index contributed by atoms with van der Waals surface area (Å²) in [6, 6.07) is 17.0. The van der Waals surface area contributed by atoms with E-state index in [1.165, 1.54) is 17.7 Å². The third kappa shape index (κ3) is 2.74. The Morgan fingerprint density at radius 2 is 1.84 bits per heavy atom. The molecule has 1 fully saturated rings. The Morgan fingerprint density at radius 1 is 1.11 bits per heavy atom. The lowest BCUT2D eigenvalue weighted by atomic mass is 9.97. The summed E-state index contributed by atoms with van der Waals surface area (Å²) in [6.07, 6.45) is 3.17. The van der Waals surface area contributed by atoms with E-state index in [9.17, 15) is 0 Å². The molecule has 0 amide bonds. The first-order valence-corrected chi connectivity index (χ1v) is 7.79. The molecule has 1 aliphatic carbocycles. The van der Waals surface area contributed by atoms with E-state index in [4.69, 9.17) is 0 Å². The first-order chi connectivity index (χ1) is 9.27. The molecule has 4 atom stereocenters. The van der Waals surface area contributed by atoms with Gasteiger partial charge in [-0.2, -0.15) is 0 Å². The zero-order valence-electron chi connectivity index (χ0n) is 11.0. The van der Waals surface area contributed by atoms with Crippen LogP contribution in [0.2, 0.25) is 0 Å². The summed E-state index contributed by atoms with van der Waals surface area (Å²) in [5.41, 5.74) is 2.66. The summed E-state index contributed by atoms with van der Waals surface area (Å²) in [6.45, 7) is 2.27. The third-order valence-corrected chi connectivity index (χ3v) is 5.58. The van der Waals surface area contributed by atoms with Gasteiger partial charge in [0.2, 0.25) is 0 Å². The maximum Gasteiger partial charge on any atom is 0.0443 e. The second-order valence-corrected chi connectivity index (χ2v) is 6.46. The van der Waals surface area contributed by atoms with Crippen molar-refractivity contribution >= 4 is 15.9 Å². The highest BCUT2D eigenvalue weighted by molar-refractivity contribution is 9.09. The molecule has 3 rings (SSSR count). The maximum absolute atomic E-state index is 4.48. The zero-order chi connectivity index (χ0) is 13.2. The minimum absolute atomic E-state index is 0.458. The summed E-state index contributed by atoms with van der Waals surface area (Å²) < 4.78 is 0. The van der Waals surface area contributed by atoms with Crippen molar-refractivity contribution in [3.8, 4) is 0 Å². The van der Waals surface area contributed by atoms with Crippen LogP contribution in [0.4, 0.5) is 0 Å². The fourth-order valence-corrected chi connectivity index (χ4v) is 3.68. The highest BCUT2D eigenvalue weighted by Crippen LogP contribution is 2.54. The summed E-state index contributed by atoms with van der Waals surface area (Å²) in [4.78, 5) is 4.98. The van der Waals surface area contributed by atoms with Gasteiger partial charge in [-0.15, -0.1) is 0 Å². The lowest BCUT2D eigenvalue weighted by Gasteiger charge is -2.18. The Labute approximate surface area is 123 Å². The number of halogens is 1. The third-order valence-electron chi connectivity index (χ3n) is 4.11. The molecule has 4 unspecified atom stereocenters. The molecule has 1 aliphatic rings. The lowest BCUT2D eigenvalue weighted by Crippen LogP contribution is -2.13. The largest absolute Gasteiger partial charge is 0.261 e. The van der Waals surface area contributed by atoms with E-state index in [1.807, 2.05) is 12.3 Å². The van der Waals surface area contributed by atoms with Crippen LogP contribution in [0, 0.1) is 5.92 Å². The fourth-order valence-electron chi connectivity index (χ4n) is 2.83. The second-order valence-electron chi connectivity index (χ2n) is 5.40. The summed E-state index contributed by atoms with van der Waals surface area (Å²) >= 11 is 3.90. The molecule has 1 aromatic heterocycles. The molecule has 2 heteroatoms. The quantitative estimate of drug-likeness (QED) is 0.742. The number of rotatable bonds is 4. The Morgan fingerprint density at radius 3 is 2.53 bits per heavy atom. The van der Waals surface area contributed by atoms with Crippen LogP contribution in [0.3, 0.4) is 0 Å². The van der Waals surface area contributed by atoms with Gasteiger partial charge < -0.3 is 0 Å². The van der Waals surface area contributed by atoms with Crippen LogP contribution in [0.1, 0.15) is 36.4 Å². The minimum atomic E-state index is 0.458. The number of pyridine rings is 1. The van der Waals surface area contributed by atoms with Crippen molar-refractivity contribution in [2.75, 3.05) is 0 Å². The molecule has 98 valence electrons. The van der Waals surface area contributed by atoms with Crippen LogP contribution in [0.15, 0.2) is 54.7 Å². The monoisotopic (exact) mass is 315 g/mol. The van der Waals surface area contributed by atoms with Crippen LogP contribution in [0.5, 0.6) is 0 Å². The van der Waals surface area contributed by atoms with E-state index in [0.717, 1.165) is 11.8 Å². The first-order valence-electron chi connectivity index (χ1n) is 6.87. The summed E-state index contributed by atoms with van der Waals surface area (Å²) in [5.74, 6) is 1.91. The van der Waals surface area contributed by atoms with E-state index in [2.05, 4.69) is 70.3 Å². The van der Waals surface area contributed by atoms with Gasteiger partial charge in [-0.05, 0) is 36.0 Å². The molecule has 0 N–H and O–H groups in total. The van der Waals surface area contributed by atoms with E-state index >= 15 is 0 Å². The van der Waals surface area contributed by atoms with E-state index < -0.39 is 0 Å². The smallest absolute Gasteiger partial charge is 0.0443 e. The molecule has 0 bridgehead atoms. The molecule has 19 heavy (non-hydrogen) atoms. The van der Waals surface area contributed by atoms with Crippen molar-refractivity contribution in [3.05, 3.63) is 66.0 Å². The van der Waals surface area contributed by atoms with Gasteiger partial charge in [0.15, 0.2) is 0 Å².